The lowest BCUT2D eigenvalue weighted by Crippen LogP contribution is -2.41. The topological polar surface area (TPSA) is 89.1 Å². The van der Waals surface area contributed by atoms with Crippen LogP contribution in [0.2, 0.25) is 0 Å². The SMILES string of the molecule is CCc1nc(C(=O)NCC2COc3ccccc3O2)n[nH]1. The molecule has 2 heterocycles. The van der Waals surface area contributed by atoms with Gasteiger partial charge in [-0.1, -0.05) is 19.1 Å². The van der Waals surface area contributed by atoms with Gasteiger partial charge in [-0.2, -0.15) is 0 Å². The van der Waals surface area contributed by atoms with E-state index in [-0.39, 0.29) is 17.8 Å². The fraction of sp³-hybridized carbons (Fsp3) is 0.357. The molecular weight excluding hydrogens is 272 g/mol. The molecule has 1 aromatic heterocycles. The maximum Gasteiger partial charge on any atom is 0.291 e. The molecule has 1 unspecified atom stereocenters. The fourth-order valence-corrected chi connectivity index (χ4v) is 2.00. The summed E-state index contributed by atoms with van der Waals surface area (Å²) in [7, 11) is 0. The molecule has 2 aromatic rings. The molecule has 0 radical (unpaired) electrons. The molecular formula is C14H16N4O3. The van der Waals surface area contributed by atoms with Gasteiger partial charge in [0, 0.05) is 6.42 Å². The summed E-state index contributed by atoms with van der Waals surface area (Å²) in [5.74, 6) is 1.92. The molecule has 7 nitrogen and oxygen atoms in total. The van der Waals surface area contributed by atoms with Crippen molar-refractivity contribution in [2.75, 3.05) is 13.2 Å². The minimum absolute atomic E-state index is 0.143. The summed E-state index contributed by atoms with van der Waals surface area (Å²) in [5, 5.41) is 9.32. The first-order valence-electron chi connectivity index (χ1n) is 6.84. The summed E-state index contributed by atoms with van der Waals surface area (Å²) in [4.78, 5) is 16.0. The van der Waals surface area contributed by atoms with Crippen molar-refractivity contribution < 1.29 is 14.3 Å². The van der Waals surface area contributed by atoms with Gasteiger partial charge in [-0.15, -0.1) is 5.10 Å². The Morgan fingerprint density at radius 3 is 3.00 bits per heavy atom. The van der Waals surface area contributed by atoms with E-state index in [4.69, 9.17) is 9.47 Å². The van der Waals surface area contributed by atoms with E-state index in [1.54, 1.807) is 0 Å². The second kappa shape index (κ2) is 5.82. The first-order chi connectivity index (χ1) is 10.3. The lowest BCUT2D eigenvalue weighted by Gasteiger charge is -2.26. The van der Waals surface area contributed by atoms with E-state index in [0.717, 1.165) is 5.75 Å². The van der Waals surface area contributed by atoms with Crippen molar-refractivity contribution in [3.8, 4) is 11.5 Å². The summed E-state index contributed by atoms with van der Waals surface area (Å²) >= 11 is 0. The minimum Gasteiger partial charge on any atom is -0.486 e. The largest absolute Gasteiger partial charge is 0.486 e. The Labute approximate surface area is 121 Å². The number of aryl methyl sites for hydroxylation is 1. The Morgan fingerprint density at radius 2 is 2.24 bits per heavy atom. The summed E-state index contributed by atoms with van der Waals surface area (Å²) < 4.78 is 11.3. The predicted molar refractivity (Wildman–Crippen MR) is 74.4 cm³/mol. The molecule has 2 N–H and O–H groups in total. The number of ether oxygens (including phenoxy) is 2. The molecule has 21 heavy (non-hydrogen) atoms. The number of aromatic nitrogens is 3. The molecule has 3 rings (SSSR count). The average Bonchev–Trinajstić information content (AvgIpc) is 3.01. The Hall–Kier alpha value is -2.57. The van der Waals surface area contributed by atoms with Crippen molar-refractivity contribution in [1.82, 2.24) is 20.5 Å². The first-order valence-corrected chi connectivity index (χ1v) is 6.84. The van der Waals surface area contributed by atoms with Crippen LogP contribution in [0.4, 0.5) is 0 Å². The highest BCUT2D eigenvalue weighted by atomic mass is 16.6. The van der Waals surface area contributed by atoms with Gasteiger partial charge in [-0.05, 0) is 12.1 Å². The number of para-hydroxylation sites is 2. The third-order valence-corrected chi connectivity index (χ3v) is 3.13. The van der Waals surface area contributed by atoms with Crippen LogP contribution in [0.25, 0.3) is 0 Å². The lowest BCUT2D eigenvalue weighted by atomic mass is 10.2. The number of H-pyrrole nitrogens is 1. The standard InChI is InChI=1S/C14H16N4O3/c1-2-12-16-13(18-17-12)14(19)15-7-9-8-20-10-5-3-4-6-11(10)21-9/h3-6,9H,2,7-8H2,1H3,(H,15,19)(H,16,17,18). The summed E-state index contributed by atoms with van der Waals surface area (Å²) in [6, 6.07) is 7.46. The van der Waals surface area contributed by atoms with Crippen LogP contribution in [0.3, 0.4) is 0 Å². The van der Waals surface area contributed by atoms with Crippen LogP contribution in [0.5, 0.6) is 11.5 Å². The van der Waals surface area contributed by atoms with Gasteiger partial charge in [0.2, 0.25) is 5.82 Å². The number of nitrogens with zero attached hydrogens (tertiary/aromatic N) is 2. The summed E-state index contributed by atoms with van der Waals surface area (Å²) in [6.45, 7) is 2.67. The lowest BCUT2D eigenvalue weighted by molar-refractivity contribution is 0.0783. The molecule has 110 valence electrons. The second-order valence-electron chi connectivity index (χ2n) is 4.67. The first kappa shape index (κ1) is 13.4. The van der Waals surface area contributed by atoms with E-state index in [0.29, 0.717) is 31.1 Å². The van der Waals surface area contributed by atoms with Crippen LogP contribution in [0, 0.1) is 0 Å². The van der Waals surface area contributed by atoms with Crippen molar-refractivity contribution in [3.05, 3.63) is 35.9 Å². The Bertz CT molecular complexity index is 641. The van der Waals surface area contributed by atoms with Gasteiger partial charge in [0.05, 0.1) is 6.54 Å². The van der Waals surface area contributed by atoms with Gasteiger partial charge >= 0.3 is 0 Å². The number of carbonyl (C=O) groups is 1. The summed E-state index contributed by atoms with van der Waals surface area (Å²) in [6.07, 6.45) is 0.477. The Morgan fingerprint density at radius 1 is 1.43 bits per heavy atom. The highest BCUT2D eigenvalue weighted by Crippen LogP contribution is 2.30. The van der Waals surface area contributed by atoms with E-state index >= 15 is 0 Å². The Balaban J connectivity index is 1.55. The second-order valence-corrected chi connectivity index (χ2v) is 4.67. The molecule has 1 aliphatic rings. The fourth-order valence-electron chi connectivity index (χ4n) is 2.00. The maximum absolute atomic E-state index is 11.9. The molecule has 1 amide bonds. The molecule has 1 aromatic carbocycles. The van der Waals surface area contributed by atoms with Gasteiger partial charge in [-0.3, -0.25) is 9.89 Å². The number of hydrogen-bond acceptors (Lipinski definition) is 5. The zero-order chi connectivity index (χ0) is 14.7. The van der Waals surface area contributed by atoms with Crippen LogP contribution in [0.1, 0.15) is 23.4 Å². The predicted octanol–water partition coefficient (Wildman–Crippen LogP) is 0.937. The molecule has 7 heteroatoms. The zero-order valence-corrected chi connectivity index (χ0v) is 11.6. The number of amides is 1. The van der Waals surface area contributed by atoms with Crippen LogP contribution < -0.4 is 14.8 Å². The van der Waals surface area contributed by atoms with E-state index in [2.05, 4.69) is 20.5 Å². The molecule has 0 saturated carbocycles. The zero-order valence-electron chi connectivity index (χ0n) is 11.6. The van der Waals surface area contributed by atoms with E-state index in [1.807, 2.05) is 31.2 Å². The van der Waals surface area contributed by atoms with Gasteiger partial charge < -0.3 is 14.8 Å². The van der Waals surface area contributed by atoms with Crippen molar-refractivity contribution in [2.45, 2.75) is 19.4 Å². The molecule has 0 fully saturated rings. The molecule has 0 bridgehead atoms. The number of nitrogens with one attached hydrogen (secondary N) is 2. The van der Waals surface area contributed by atoms with Gasteiger partial charge in [-0.25, -0.2) is 4.98 Å². The van der Waals surface area contributed by atoms with Crippen LogP contribution in [-0.2, 0) is 6.42 Å². The van der Waals surface area contributed by atoms with E-state index in [9.17, 15) is 4.79 Å². The van der Waals surface area contributed by atoms with Gasteiger partial charge in [0.15, 0.2) is 11.5 Å². The number of hydrogen-bond donors (Lipinski definition) is 2. The highest BCUT2D eigenvalue weighted by Gasteiger charge is 2.22. The van der Waals surface area contributed by atoms with Crippen LogP contribution in [0.15, 0.2) is 24.3 Å². The molecule has 0 spiro atoms. The van der Waals surface area contributed by atoms with Crippen molar-refractivity contribution in [1.29, 1.82) is 0 Å². The van der Waals surface area contributed by atoms with Gasteiger partial charge in [0.1, 0.15) is 18.5 Å². The monoisotopic (exact) mass is 288 g/mol. The van der Waals surface area contributed by atoms with Crippen molar-refractivity contribution in [3.63, 3.8) is 0 Å². The molecule has 0 saturated heterocycles. The minimum atomic E-state index is -0.326. The number of rotatable bonds is 4. The van der Waals surface area contributed by atoms with Crippen molar-refractivity contribution >= 4 is 5.91 Å². The van der Waals surface area contributed by atoms with E-state index in [1.165, 1.54) is 0 Å². The Kier molecular flexibility index (Phi) is 3.72. The summed E-state index contributed by atoms with van der Waals surface area (Å²) in [5.41, 5.74) is 0. The van der Waals surface area contributed by atoms with Gasteiger partial charge in [0.25, 0.3) is 5.91 Å². The van der Waals surface area contributed by atoms with Crippen LogP contribution in [-0.4, -0.2) is 40.3 Å². The quantitative estimate of drug-likeness (QED) is 0.874. The third kappa shape index (κ3) is 2.96. The molecule has 1 aliphatic heterocycles. The number of carbonyl (C=O) groups excluding carboxylic acids is 1. The number of fused-ring (bicyclic) bond motifs is 1. The van der Waals surface area contributed by atoms with Crippen LogP contribution >= 0.6 is 0 Å². The molecule has 0 aliphatic carbocycles. The van der Waals surface area contributed by atoms with E-state index < -0.39 is 0 Å². The number of aromatic amines is 1. The smallest absolute Gasteiger partial charge is 0.291 e. The van der Waals surface area contributed by atoms with Crippen molar-refractivity contribution in [2.24, 2.45) is 0 Å². The third-order valence-electron chi connectivity index (χ3n) is 3.13. The maximum atomic E-state index is 11.9. The average molecular weight is 288 g/mol. The normalized spacial score (nSPS) is 16.5. The molecule has 1 atom stereocenters. The number of benzene rings is 1. The highest BCUT2D eigenvalue weighted by molar-refractivity contribution is 5.90.